The smallest absolute Gasteiger partial charge is 0.0633 e. The molecule has 4 heteroatoms. The monoisotopic (exact) mass is 562 g/mol. The molecule has 0 saturated carbocycles. The van der Waals surface area contributed by atoms with E-state index in [1.54, 1.807) is 0 Å². The summed E-state index contributed by atoms with van der Waals surface area (Å²) in [6.45, 7) is 2.00. The normalized spacial score (nSPS) is 8.54. The fourth-order valence-corrected chi connectivity index (χ4v) is 2.48. The van der Waals surface area contributed by atoms with E-state index in [4.69, 9.17) is 0 Å². The first kappa shape index (κ1) is 24.8. The van der Waals surface area contributed by atoms with Crippen molar-refractivity contribution in [3.05, 3.63) is 109 Å². The Morgan fingerprint density at radius 1 is 0.654 bits per heavy atom. The third-order valence-corrected chi connectivity index (χ3v) is 3.54. The fourth-order valence-electron chi connectivity index (χ4n) is 2.48. The molecule has 0 aliphatic carbocycles. The van der Waals surface area contributed by atoms with Crippen LogP contribution in [0.2, 0.25) is 0 Å². The molecule has 132 valence electrons. The summed E-state index contributed by atoms with van der Waals surface area (Å²) < 4.78 is 0. The van der Waals surface area contributed by atoms with E-state index in [0.29, 0.717) is 0 Å². The molecule has 0 aromatic heterocycles. The maximum absolute atomic E-state index is 2.18. The predicted molar refractivity (Wildman–Crippen MR) is 103 cm³/mol. The van der Waals surface area contributed by atoms with Crippen molar-refractivity contribution in [1.82, 2.24) is 0 Å². The molecule has 4 rings (SSSR count). The van der Waals surface area contributed by atoms with E-state index in [1.165, 1.54) is 45.3 Å². The number of rotatable bonds is 2. The van der Waals surface area contributed by atoms with Gasteiger partial charge < -0.3 is 24.8 Å². The van der Waals surface area contributed by atoms with Gasteiger partial charge in [-0.3, -0.25) is 0 Å². The van der Waals surface area contributed by atoms with Gasteiger partial charge in [0.05, 0.1) is 0 Å². The molecule has 0 nitrogen and oxygen atoms in total. The van der Waals surface area contributed by atoms with Crippen molar-refractivity contribution in [1.29, 1.82) is 0 Å². The summed E-state index contributed by atoms with van der Waals surface area (Å²) in [6.07, 6.45) is 0. The van der Waals surface area contributed by atoms with Crippen LogP contribution in [0.5, 0.6) is 0 Å². The van der Waals surface area contributed by atoms with Crippen molar-refractivity contribution in [3.8, 4) is 22.3 Å². The van der Waals surface area contributed by atoms with Gasteiger partial charge in [0, 0.05) is 0 Å². The average molecular weight is 562 g/mol. The summed E-state index contributed by atoms with van der Waals surface area (Å²) in [5.74, 6) is 0. The third kappa shape index (κ3) is 7.59. The minimum atomic E-state index is 0. The van der Waals surface area contributed by atoms with Crippen LogP contribution in [0, 0.1) is 0 Å². The first-order chi connectivity index (χ1) is 11.9. The van der Waals surface area contributed by atoms with E-state index >= 15 is 0 Å². The van der Waals surface area contributed by atoms with Crippen molar-refractivity contribution in [2.75, 3.05) is 0 Å². The zero-order valence-corrected chi connectivity index (χ0v) is 20.9. The molecule has 0 aliphatic heterocycles. The van der Waals surface area contributed by atoms with Crippen LogP contribution < -0.4 is 24.8 Å². The molecule has 0 radical (unpaired) electrons. The topological polar surface area (TPSA) is 0 Å². The van der Waals surface area contributed by atoms with Gasteiger partial charge in [-0.15, -0.1) is 35.9 Å². The van der Waals surface area contributed by atoms with Crippen molar-refractivity contribution in [3.63, 3.8) is 0 Å². The zero-order chi connectivity index (χ0) is 17.0. The van der Waals surface area contributed by atoms with Gasteiger partial charge in [-0.2, -0.15) is 18.2 Å². The maximum Gasteiger partial charge on any atom is -0.0633 e. The number of hydrogen-bond donors (Lipinski definition) is 0. The summed E-state index contributed by atoms with van der Waals surface area (Å²) in [5, 5.41) is 0. The fraction of sp³-hybridized carbons (Fsp3) is 0. The van der Waals surface area contributed by atoms with E-state index in [1.807, 2.05) is 37.3 Å². The first-order valence-corrected chi connectivity index (χ1v) is 16.2. The van der Waals surface area contributed by atoms with Crippen LogP contribution in [-0.2, 0) is 23.0 Å². The summed E-state index contributed by atoms with van der Waals surface area (Å²) in [5.41, 5.74) is 5.15. The van der Waals surface area contributed by atoms with Crippen LogP contribution >= 0.6 is 0 Å². The van der Waals surface area contributed by atoms with Crippen molar-refractivity contribution >= 4 is 6.94 Å². The van der Waals surface area contributed by atoms with Crippen LogP contribution in [0.3, 0.4) is 0 Å². The number of hydrogen-bond acceptors (Lipinski definition) is 0. The second-order valence-electron chi connectivity index (χ2n) is 5.05. The summed E-state index contributed by atoms with van der Waals surface area (Å²) in [6, 6.07) is 37.5. The predicted octanol–water partition coefficient (Wildman–Crippen LogP) is -0.766. The van der Waals surface area contributed by atoms with Gasteiger partial charge in [0.1, 0.15) is 0 Å². The minimum Gasteiger partial charge on any atom is -0.214 e. The van der Waals surface area contributed by atoms with Gasteiger partial charge >= 0.3 is 29.9 Å². The summed E-state index contributed by atoms with van der Waals surface area (Å²) in [4.78, 5) is 0. The van der Waals surface area contributed by atoms with Crippen LogP contribution in [0.15, 0.2) is 109 Å². The third-order valence-electron chi connectivity index (χ3n) is 3.54. The van der Waals surface area contributed by atoms with E-state index in [-0.39, 0.29) is 24.8 Å². The summed E-state index contributed by atoms with van der Waals surface area (Å²) in [7, 11) is 0. The van der Waals surface area contributed by atoms with E-state index in [9.17, 15) is 0 Å². The SMILES string of the molecule is [Cl-].[Cl-].[SiH2]=[Hf+2].c1cc[cH-]c1.c1ccc(-c2ccc[c-]2-c2ccccc2)cc1. The molecule has 0 saturated heterocycles. The van der Waals surface area contributed by atoms with Crippen molar-refractivity contribution < 1.29 is 47.8 Å². The van der Waals surface area contributed by atoms with Gasteiger partial charge in [-0.25, -0.2) is 12.1 Å². The Kier molecular flexibility index (Phi) is 14.2. The number of benzene rings is 2. The van der Waals surface area contributed by atoms with Gasteiger partial charge in [0.15, 0.2) is 0 Å². The molecule has 4 aromatic carbocycles. The minimum absolute atomic E-state index is 0. The standard InChI is InChI=1S/C17H13.C5H5.2ClH.Hf.H2Si/c1-3-8-14(9-4-1)16-12-7-13-17(16)15-10-5-2-6-11-15;1-2-4-5-3-1;;;;/h1-13H;1-5H;2*1H;;1H2/q2*-1;;;+2;/p-2. The Balaban J connectivity index is 0.000000598. The average Bonchev–Trinajstić information content (AvgIpc) is 3.39. The van der Waals surface area contributed by atoms with Crippen LogP contribution in [0.25, 0.3) is 22.3 Å². The largest absolute Gasteiger partial charge is 0.214 e. The molecule has 0 bridgehead atoms. The van der Waals surface area contributed by atoms with Crippen LogP contribution in [0.4, 0.5) is 0 Å². The molecule has 0 unspecified atom stereocenters. The van der Waals surface area contributed by atoms with E-state index in [2.05, 4.69) is 78.9 Å². The number of halogens is 2. The molecule has 0 atom stereocenters. The van der Waals surface area contributed by atoms with Gasteiger partial charge in [-0.1, -0.05) is 65.2 Å². The molecule has 0 heterocycles. The van der Waals surface area contributed by atoms with Gasteiger partial charge in [0.2, 0.25) is 0 Å². The second-order valence-corrected chi connectivity index (χ2v) is 5.05. The molecule has 26 heavy (non-hydrogen) atoms. The molecule has 0 fully saturated rings. The van der Waals surface area contributed by atoms with Gasteiger partial charge in [-0.05, 0) is 0 Å². The maximum atomic E-state index is 2.18. The first-order valence-electron chi connectivity index (χ1n) is 7.84. The molecule has 4 aromatic rings. The quantitative estimate of drug-likeness (QED) is 0.223. The molecule has 0 N–H and O–H groups in total. The molecular weight excluding hydrogens is 542 g/mol. The van der Waals surface area contributed by atoms with Crippen molar-refractivity contribution in [2.24, 2.45) is 0 Å². The van der Waals surface area contributed by atoms with Gasteiger partial charge in [0.25, 0.3) is 0 Å². The Morgan fingerprint density at radius 3 is 1.69 bits per heavy atom. The molecule has 0 amide bonds. The Hall–Kier alpha value is -1.19. The molecule has 0 spiro atoms. The molecule has 0 aliphatic rings. The van der Waals surface area contributed by atoms with Crippen LogP contribution in [-0.4, -0.2) is 6.94 Å². The van der Waals surface area contributed by atoms with Crippen molar-refractivity contribution in [2.45, 2.75) is 0 Å². The Bertz CT molecular complexity index is 725. The summed E-state index contributed by atoms with van der Waals surface area (Å²) >= 11 is 1.33. The zero-order valence-electron chi connectivity index (χ0n) is 14.4. The second kappa shape index (κ2) is 14.9. The van der Waals surface area contributed by atoms with Crippen LogP contribution in [0.1, 0.15) is 0 Å². The Labute approximate surface area is 185 Å². The Morgan fingerprint density at radius 2 is 1.19 bits per heavy atom. The van der Waals surface area contributed by atoms with E-state index in [0.717, 1.165) is 0 Å². The molecular formula is C22H20Cl2HfSi-2. The van der Waals surface area contributed by atoms with E-state index < -0.39 is 0 Å².